The van der Waals surface area contributed by atoms with Crippen LogP contribution in [0.5, 0.6) is 17.2 Å². The number of anilines is 1. The molecule has 126 valence electrons. The Hall–Kier alpha value is -3.22. The fourth-order valence-electron chi connectivity index (χ4n) is 2.00. The third-order valence-corrected chi connectivity index (χ3v) is 3.16. The van der Waals surface area contributed by atoms with E-state index >= 15 is 0 Å². The van der Waals surface area contributed by atoms with Crippen molar-refractivity contribution in [2.75, 3.05) is 26.1 Å². The Morgan fingerprint density at radius 2 is 1.79 bits per heavy atom. The third-order valence-electron chi connectivity index (χ3n) is 3.16. The van der Waals surface area contributed by atoms with Gasteiger partial charge in [0.15, 0.2) is 6.61 Å². The highest BCUT2D eigenvalue weighted by molar-refractivity contribution is 5.94. The number of carboxylic acids is 1. The van der Waals surface area contributed by atoms with E-state index < -0.39 is 11.9 Å². The maximum absolute atomic E-state index is 12.0. The molecule has 0 saturated heterocycles. The van der Waals surface area contributed by atoms with Gasteiger partial charge in [0.25, 0.3) is 5.91 Å². The second kappa shape index (κ2) is 7.87. The molecule has 0 unspecified atom stereocenters. The highest BCUT2D eigenvalue weighted by Gasteiger charge is 2.14. The van der Waals surface area contributed by atoms with Crippen LogP contribution in [0.2, 0.25) is 0 Å². The van der Waals surface area contributed by atoms with Crippen molar-refractivity contribution in [2.45, 2.75) is 0 Å². The quantitative estimate of drug-likeness (QED) is 0.809. The van der Waals surface area contributed by atoms with Crippen LogP contribution in [-0.4, -0.2) is 37.8 Å². The Bertz CT molecular complexity index is 744. The molecule has 0 saturated carbocycles. The molecule has 0 spiro atoms. The highest BCUT2D eigenvalue weighted by atomic mass is 16.5. The lowest BCUT2D eigenvalue weighted by Gasteiger charge is -2.12. The molecule has 2 aromatic carbocycles. The number of hydrogen-bond acceptors (Lipinski definition) is 5. The maximum Gasteiger partial charge on any atom is 0.339 e. The molecule has 2 aromatic rings. The molecule has 7 heteroatoms. The second-order valence-corrected chi connectivity index (χ2v) is 4.70. The summed E-state index contributed by atoms with van der Waals surface area (Å²) in [6.07, 6.45) is 0. The first kappa shape index (κ1) is 17.1. The summed E-state index contributed by atoms with van der Waals surface area (Å²) in [6.45, 7) is -0.356. The lowest BCUT2D eigenvalue weighted by atomic mass is 10.2. The summed E-state index contributed by atoms with van der Waals surface area (Å²) in [5.41, 5.74) is 0.443. The van der Waals surface area contributed by atoms with E-state index in [4.69, 9.17) is 19.3 Å². The number of methoxy groups -OCH3 is 2. The number of aromatic carboxylic acids is 1. The summed E-state index contributed by atoms with van der Waals surface area (Å²) in [4.78, 5) is 23.2. The number of carboxylic acid groups (broad SMARTS) is 1. The van der Waals surface area contributed by atoms with E-state index in [0.717, 1.165) is 0 Å². The van der Waals surface area contributed by atoms with Gasteiger partial charge in [-0.25, -0.2) is 4.79 Å². The minimum Gasteiger partial charge on any atom is -0.497 e. The van der Waals surface area contributed by atoms with E-state index in [1.165, 1.54) is 32.4 Å². The zero-order valence-corrected chi connectivity index (χ0v) is 13.2. The van der Waals surface area contributed by atoms with Crippen molar-refractivity contribution in [1.82, 2.24) is 0 Å². The zero-order chi connectivity index (χ0) is 17.5. The molecule has 0 aromatic heterocycles. The Morgan fingerprint density at radius 1 is 1.04 bits per heavy atom. The number of carbonyl (C=O) groups excluding carboxylic acids is 1. The second-order valence-electron chi connectivity index (χ2n) is 4.70. The molecule has 1 amide bonds. The third kappa shape index (κ3) is 4.16. The molecule has 0 atom stereocenters. The van der Waals surface area contributed by atoms with Crippen molar-refractivity contribution >= 4 is 17.6 Å². The number of rotatable bonds is 7. The van der Waals surface area contributed by atoms with E-state index in [-0.39, 0.29) is 17.9 Å². The molecule has 7 nitrogen and oxygen atoms in total. The van der Waals surface area contributed by atoms with Gasteiger partial charge in [0.1, 0.15) is 22.8 Å². The first-order valence-corrected chi connectivity index (χ1v) is 7.02. The molecule has 0 aliphatic rings. The number of para-hydroxylation sites is 2. The number of benzene rings is 2. The number of nitrogens with one attached hydrogen (secondary N) is 1. The van der Waals surface area contributed by atoms with Crippen molar-refractivity contribution in [3.8, 4) is 17.2 Å². The first-order valence-electron chi connectivity index (χ1n) is 7.02. The smallest absolute Gasteiger partial charge is 0.339 e. The molecule has 0 aliphatic carbocycles. The number of carbonyl (C=O) groups is 2. The van der Waals surface area contributed by atoms with Crippen LogP contribution in [0.15, 0.2) is 42.5 Å². The fourth-order valence-corrected chi connectivity index (χ4v) is 2.00. The Balaban J connectivity index is 2.07. The molecule has 24 heavy (non-hydrogen) atoms. The van der Waals surface area contributed by atoms with Crippen LogP contribution in [-0.2, 0) is 4.79 Å². The van der Waals surface area contributed by atoms with Crippen LogP contribution < -0.4 is 19.5 Å². The number of amides is 1. The summed E-state index contributed by atoms with van der Waals surface area (Å²) in [6, 6.07) is 11.2. The lowest BCUT2D eigenvalue weighted by molar-refractivity contribution is -0.118. The largest absolute Gasteiger partial charge is 0.497 e. The topological polar surface area (TPSA) is 94.1 Å². The van der Waals surface area contributed by atoms with Crippen molar-refractivity contribution in [1.29, 1.82) is 0 Å². The van der Waals surface area contributed by atoms with Gasteiger partial charge < -0.3 is 24.6 Å². The maximum atomic E-state index is 12.0. The van der Waals surface area contributed by atoms with Gasteiger partial charge >= 0.3 is 5.97 Å². The summed E-state index contributed by atoms with van der Waals surface area (Å²) in [5, 5.41) is 11.8. The normalized spacial score (nSPS) is 9.92. The Morgan fingerprint density at radius 3 is 2.46 bits per heavy atom. The molecular formula is C17H17NO6. The van der Waals surface area contributed by atoms with E-state index in [0.29, 0.717) is 17.2 Å². The van der Waals surface area contributed by atoms with Gasteiger partial charge in [0.2, 0.25) is 0 Å². The van der Waals surface area contributed by atoms with E-state index in [2.05, 4.69) is 5.32 Å². The summed E-state index contributed by atoms with van der Waals surface area (Å²) >= 11 is 0. The van der Waals surface area contributed by atoms with Crippen molar-refractivity contribution in [3.63, 3.8) is 0 Å². The molecule has 0 fully saturated rings. The molecule has 0 bridgehead atoms. The average molecular weight is 331 g/mol. The van der Waals surface area contributed by atoms with Crippen LogP contribution in [0, 0.1) is 0 Å². The van der Waals surface area contributed by atoms with Gasteiger partial charge in [-0.05, 0) is 24.3 Å². The predicted octanol–water partition coefficient (Wildman–Crippen LogP) is 2.42. The van der Waals surface area contributed by atoms with Gasteiger partial charge in [0.05, 0.1) is 19.9 Å². The molecular weight excluding hydrogens is 314 g/mol. The van der Waals surface area contributed by atoms with E-state index in [1.807, 2.05) is 0 Å². The fraction of sp³-hybridized carbons (Fsp3) is 0.176. The van der Waals surface area contributed by atoms with Crippen molar-refractivity contribution in [2.24, 2.45) is 0 Å². The van der Waals surface area contributed by atoms with Crippen LogP contribution >= 0.6 is 0 Å². The molecule has 0 aliphatic heterocycles. The van der Waals surface area contributed by atoms with Gasteiger partial charge in [-0.2, -0.15) is 0 Å². The average Bonchev–Trinajstić information content (AvgIpc) is 2.60. The van der Waals surface area contributed by atoms with Gasteiger partial charge in [-0.3, -0.25) is 4.79 Å². The standard InChI is InChI=1S/C17H17NO6/c1-22-11-7-8-12(17(20)21)15(9-11)24-10-16(19)18-13-5-3-4-6-14(13)23-2/h3-9H,10H2,1-2H3,(H,18,19)(H,20,21). The molecule has 2 rings (SSSR count). The van der Waals surface area contributed by atoms with Crippen LogP contribution in [0.4, 0.5) is 5.69 Å². The van der Waals surface area contributed by atoms with Crippen molar-refractivity contribution in [3.05, 3.63) is 48.0 Å². The van der Waals surface area contributed by atoms with E-state index in [9.17, 15) is 9.59 Å². The minimum atomic E-state index is -1.15. The number of ether oxygens (including phenoxy) is 3. The monoisotopic (exact) mass is 331 g/mol. The predicted molar refractivity (Wildman–Crippen MR) is 87.1 cm³/mol. The summed E-state index contributed by atoms with van der Waals surface area (Å²) < 4.78 is 15.5. The van der Waals surface area contributed by atoms with Gasteiger partial charge in [0, 0.05) is 6.07 Å². The van der Waals surface area contributed by atoms with Crippen LogP contribution in [0.25, 0.3) is 0 Å². The Labute approximate surface area is 138 Å². The molecule has 2 N–H and O–H groups in total. The SMILES string of the molecule is COc1ccc(C(=O)O)c(OCC(=O)Nc2ccccc2OC)c1. The summed E-state index contributed by atoms with van der Waals surface area (Å²) in [5.74, 6) is -0.605. The Kier molecular flexibility index (Phi) is 5.62. The lowest BCUT2D eigenvalue weighted by Crippen LogP contribution is -2.21. The summed E-state index contributed by atoms with van der Waals surface area (Å²) in [7, 11) is 2.95. The minimum absolute atomic E-state index is 0.0528. The highest BCUT2D eigenvalue weighted by Crippen LogP contribution is 2.26. The zero-order valence-electron chi connectivity index (χ0n) is 13.2. The molecule has 0 heterocycles. The number of hydrogen-bond donors (Lipinski definition) is 2. The van der Waals surface area contributed by atoms with Gasteiger partial charge in [-0.1, -0.05) is 12.1 Å². The van der Waals surface area contributed by atoms with Crippen molar-refractivity contribution < 1.29 is 28.9 Å². The van der Waals surface area contributed by atoms with E-state index in [1.54, 1.807) is 24.3 Å². The van der Waals surface area contributed by atoms with Crippen LogP contribution in [0.1, 0.15) is 10.4 Å². The molecule has 0 radical (unpaired) electrons. The first-order chi connectivity index (χ1) is 11.5. The van der Waals surface area contributed by atoms with Crippen LogP contribution in [0.3, 0.4) is 0 Å². The van der Waals surface area contributed by atoms with Gasteiger partial charge in [-0.15, -0.1) is 0 Å².